The average Bonchev–Trinajstić information content (AvgIpc) is 2.53. The zero-order valence-electron chi connectivity index (χ0n) is 17.0. The molecule has 26 heavy (non-hydrogen) atoms. The van der Waals surface area contributed by atoms with E-state index in [9.17, 15) is 14.2 Å². The van der Waals surface area contributed by atoms with Gasteiger partial charge in [0.1, 0.15) is 0 Å². The molecule has 0 atom stereocenters. The standard InChI is InChI=1S/C20H23O3P.C2H6/c1-11-7-13(3)17(14(4)8-11)19(21)24(23)20(22)18-15(5)9-12(2)10-16(18)6;1-2/h7-10,24H,1-6H3;1-2H3. The Morgan fingerprint density at radius 2 is 0.846 bits per heavy atom. The van der Waals surface area contributed by atoms with Gasteiger partial charge in [-0.1, -0.05) is 49.2 Å². The highest BCUT2D eigenvalue weighted by molar-refractivity contribution is 7.80. The Hall–Kier alpha value is -1.99. The van der Waals surface area contributed by atoms with Crippen LogP contribution in [-0.2, 0) is 4.57 Å². The molecule has 0 bridgehead atoms. The fraction of sp³-hybridized carbons (Fsp3) is 0.364. The first-order chi connectivity index (χ1) is 12.1. The molecular formula is C22H29O3P. The van der Waals surface area contributed by atoms with Crippen molar-refractivity contribution in [2.24, 2.45) is 0 Å². The molecule has 0 amide bonds. The first-order valence-corrected chi connectivity index (χ1v) is 10.3. The number of benzene rings is 2. The fourth-order valence-corrected chi connectivity index (χ4v) is 4.86. The van der Waals surface area contributed by atoms with Gasteiger partial charge >= 0.3 is 0 Å². The van der Waals surface area contributed by atoms with Crippen LogP contribution in [0.5, 0.6) is 0 Å². The molecule has 0 fully saturated rings. The highest BCUT2D eigenvalue weighted by Crippen LogP contribution is 2.36. The summed E-state index contributed by atoms with van der Waals surface area (Å²) in [7, 11) is -3.09. The van der Waals surface area contributed by atoms with E-state index in [1.807, 2.05) is 79.7 Å². The molecule has 2 rings (SSSR count). The minimum Gasteiger partial charge on any atom is -0.310 e. The maximum absolute atomic E-state index is 12.7. The van der Waals surface area contributed by atoms with Crippen molar-refractivity contribution >= 4 is 18.8 Å². The van der Waals surface area contributed by atoms with Gasteiger partial charge in [-0.05, 0) is 63.8 Å². The predicted octanol–water partition coefficient (Wildman–Crippen LogP) is 6.10. The number of carbonyl (C=O) groups excluding carboxylic acids is 2. The third-order valence-corrected chi connectivity index (χ3v) is 5.55. The van der Waals surface area contributed by atoms with E-state index < -0.39 is 18.8 Å². The zero-order chi connectivity index (χ0) is 20.2. The first kappa shape index (κ1) is 22.1. The van der Waals surface area contributed by atoms with Gasteiger partial charge in [0, 0.05) is 11.1 Å². The highest BCUT2D eigenvalue weighted by atomic mass is 31.1. The molecular weight excluding hydrogens is 343 g/mol. The molecule has 140 valence electrons. The molecule has 0 saturated heterocycles. The molecule has 2 aromatic carbocycles. The smallest absolute Gasteiger partial charge is 0.226 e. The van der Waals surface area contributed by atoms with Crippen LogP contribution in [0.3, 0.4) is 0 Å². The van der Waals surface area contributed by atoms with Gasteiger partial charge in [-0.3, -0.25) is 9.59 Å². The summed E-state index contributed by atoms with van der Waals surface area (Å²) in [5.74, 6) is 0. The summed E-state index contributed by atoms with van der Waals surface area (Å²) in [6.45, 7) is 15.2. The van der Waals surface area contributed by atoms with Crippen molar-refractivity contribution in [2.45, 2.75) is 55.4 Å². The van der Waals surface area contributed by atoms with Gasteiger partial charge < -0.3 is 4.57 Å². The second-order valence-corrected chi connectivity index (χ2v) is 8.10. The molecule has 0 N–H and O–H groups in total. The average molecular weight is 372 g/mol. The van der Waals surface area contributed by atoms with E-state index in [-0.39, 0.29) is 0 Å². The van der Waals surface area contributed by atoms with E-state index in [0.717, 1.165) is 33.4 Å². The van der Waals surface area contributed by atoms with Crippen molar-refractivity contribution in [3.63, 3.8) is 0 Å². The summed E-state index contributed by atoms with van der Waals surface area (Å²) in [6, 6.07) is 7.51. The molecule has 0 aliphatic carbocycles. The normalized spacial score (nSPS) is 10.3. The molecule has 0 aliphatic rings. The Morgan fingerprint density at radius 3 is 1.08 bits per heavy atom. The van der Waals surface area contributed by atoms with Crippen molar-refractivity contribution in [2.75, 3.05) is 0 Å². The van der Waals surface area contributed by atoms with Gasteiger partial charge in [0.15, 0.2) is 0 Å². The lowest BCUT2D eigenvalue weighted by Gasteiger charge is -2.12. The van der Waals surface area contributed by atoms with E-state index in [1.165, 1.54) is 0 Å². The lowest BCUT2D eigenvalue weighted by Crippen LogP contribution is -2.08. The van der Waals surface area contributed by atoms with E-state index in [1.54, 1.807) is 0 Å². The van der Waals surface area contributed by atoms with Crippen molar-refractivity contribution < 1.29 is 14.2 Å². The van der Waals surface area contributed by atoms with Gasteiger partial charge in [0.25, 0.3) is 0 Å². The van der Waals surface area contributed by atoms with E-state index in [2.05, 4.69) is 0 Å². The van der Waals surface area contributed by atoms with Crippen LogP contribution >= 0.6 is 7.80 Å². The number of aryl methyl sites for hydroxylation is 6. The van der Waals surface area contributed by atoms with Crippen LogP contribution in [-0.4, -0.2) is 11.0 Å². The molecule has 3 nitrogen and oxygen atoms in total. The summed E-state index contributed by atoms with van der Waals surface area (Å²) < 4.78 is 12.7. The summed E-state index contributed by atoms with van der Waals surface area (Å²) in [5.41, 5.74) is 4.89. The lowest BCUT2D eigenvalue weighted by molar-refractivity contribution is 0.104. The fourth-order valence-electron chi connectivity index (χ4n) is 3.41. The minimum atomic E-state index is -3.09. The molecule has 0 unspecified atom stereocenters. The third-order valence-electron chi connectivity index (χ3n) is 4.22. The summed E-state index contributed by atoms with van der Waals surface area (Å²) in [5, 5.41) is 0. The predicted molar refractivity (Wildman–Crippen MR) is 110 cm³/mol. The zero-order valence-corrected chi connectivity index (χ0v) is 18.0. The quantitative estimate of drug-likeness (QED) is 0.609. The Bertz CT molecular complexity index is 761. The summed E-state index contributed by atoms with van der Waals surface area (Å²) >= 11 is 0. The van der Waals surface area contributed by atoms with Gasteiger partial charge in [-0.2, -0.15) is 0 Å². The van der Waals surface area contributed by atoms with Gasteiger partial charge in [0.05, 0.1) is 0 Å². The largest absolute Gasteiger partial charge is 0.310 e. The highest BCUT2D eigenvalue weighted by Gasteiger charge is 2.27. The van der Waals surface area contributed by atoms with Crippen LogP contribution in [0.1, 0.15) is 67.9 Å². The van der Waals surface area contributed by atoms with Gasteiger partial charge in [-0.15, -0.1) is 0 Å². The van der Waals surface area contributed by atoms with E-state index in [4.69, 9.17) is 0 Å². The van der Waals surface area contributed by atoms with Crippen LogP contribution in [0.4, 0.5) is 0 Å². The van der Waals surface area contributed by atoms with Crippen molar-refractivity contribution in [3.8, 4) is 0 Å². The Balaban J connectivity index is 0.00000163. The maximum Gasteiger partial charge on any atom is 0.226 e. The van der Waals surface area contributed by atoms with Crippen LogP contribution in [0.25, 0.3) is 0 Å². The van der Waals surface area contributed by atoms with Crippen molar-refractivity contribution in [1.82, 2.24) is 0 Å². The Kier molecular flexibility index (Phi) is 7.71. The third kappa shape index (κ3) is 4.59. The SMILES string of the molecule is CC.Cc1cc(C)c(C(=O)[PH](=O)C(=O)c2c(C)cc(C)cc2C)c(C)c1. The second kappa shape index (κ2) is 9.09. The van der Waals surface area contributed by atoms with Crippen LogP contribution in [0.2, 0.25) is 0 Å². The van der Waals surface area contributed by atoms with Gasteiger partial charge in [0.2, 0.25) is 18.8 Å². The minimum absolute atomic E-state index is 0.417. The number of carbonyl (C=O) groups is 2. The lowest BCUT2D eigenvalue weighted by atomic mass is 10.0. The van der Waals surface area contributed by atoms with Gasteiger partial charge in [-0.25, -0.2) is 0 Å². The number of rotatable bonds is 4. The van der Waals surface area contributed by atoms with Crippen LogP contribution in [0, 0.1) is 41.5 Å². The van der Waals surface area contributed by atoms with E-state index >= 15 is 0 Å². The van der Waals surface area contributed by atoms with Crippen LogP contribution in [0.15, 0.2) is 24.3 Å². The number of hydrogen-bond acceptors (Lipinski definition) is 3. The maximum atomic E-state index is 12.7. The summed E-state index contributed by atoms with van der Waals surface area (Å²) in [4.78, 5) is 25.4. The molecule has 0 spiro atoms. The first-order valence-electron chi connectivity index (χ1n) is 8.92. The molecule has 4 heteroatoms. The Morgan fingerprint density at radius 1 is 0.615 bits per heavy atom. The molecule has 0 aromatic heterocycles. The van der Waals surface area contributed by atoms with E-state index in [0.29, 0.717) is 11.1 Å². The van der Waals surface area contributed by atoms with Crippen molar-refractivity contribution in [3.05, 3.63) is 68.8 Å². The number of hydrogen-bond donors (Lipinski definition) is 0. The molecule has 0 saturated carbocycles. The molecule has 0 radical (unpaired) electrons. The topological polar surface area (TPSA) is 51.2 Å². The molecule has 2 aromatic rings. The molecule has 0 heterocycles. The summed E-state index contributed by atoms with van der Waals surface area (Å²) in [6.07, 6.45) is 0. The van der Waals surface area contributed by atoms with Crippen molar-refractivity contribution in [1.29, 1.82) is 0 Å². The molecule has 0 aliphatic heterocycles. The Labute approximate surface area is 157 Å². The van der Waals surface area contributed by atoms with Crippen LogP contribution < -0.4 is 0 Å². The second-order valence-electron chi connectivity index (χ2n) is 6.53. The monoisotopic (exact) mass is 372 g/mol.